The third kappa shape index (κ3) is 3.11. The van der Waals surface area contributed by atoms with Gasteiger partial charge in [-0.05, 0) is 81.5 Å². The maximum atomic E-state index is 12.6. The molecule has 4 bridgehead atoms. The smallest absolute Gasteiger partial charge is 0.317 e. The molecule has 0 aromatic heterocycles. The van der Waals surface area contributed by atoms with E-state index in [1.807, 2.05) is 11.9 Å². The van der Waals surface area contributed by atoms with Gasteiger partial charge in [0.1, 0.15) is 0 Å². The van der Waals surface area contributed by atoms with Crippen LogP contribution >= 0.6 is 0 Å². The van der Waals surface area contributed by atoms with Crippen LogP contribution in [0.5, 0.6) is 0 Å². The van der Waals surface area contributed by atoms with Crippen molar-refractivity contribution in [2.24, 2.45) is 23.2 Å². The predicted octanol–water partition coefficient (Wildman–Crippen LogP) is 3.41. The number of amides is 2. The Morgan fingerprint density at radius 3 is 2.35 bits per heavy atom. The van der Waals surface area contributed by atoms with E-state index in [9.17, 15) is 4.79 Å². The number of nitrogens with one attached hydrogen (secondary N) is 1. The Kier molecular flexibility index (Phi) is 4.07. The second-order valence-electron chi connectivity index (χ2n) is 9.06. The molecule has 0 radical (unpaired) electrons. The van der Waals surface area contributed by atoms with Crippen molar-refractivity contribution in [3.8, 4) is 0 Å². The summed E-state index contributed by atoms with van der Waals surface area (Å²) in [6.45, 7) is 3.86. The third-order valence-corrected chi connectivity index (χ3v) is 6.96. The van der Waals surface area contributed by atoms with E-state index in [2.05, 4.69) is 12.2 Å². The third-order valence-electron chi connectivity index (χ3n) is 6.96. The Bertz CT molecular complexity index is 423. The summed E-state index contributed by atoms with van der Waals surface area (Å²) in [5, 5.41) is 3.17. The molecule has 2 atom stereocenters. The maximum absolute atomic E-state index is 12.6. The van der Waals surface area contributed by atoms with Gasteiger partial charge in [-0.15, -0.1) is 0 Å². The second-order valence-corrected chi connectivity index (χ2v) is 9.06. The molecule has 4 heteroatoms. The first-order chi connectivity index (χ1) is 11.0. The summed E-state index contributed by atoms with van der Waals surface area (Å²) in [6, 6.07) is 0.201. The van der Waals surface area contributed by atoms with Crippen LogP contribution in [0.1, 0.15) is 58.3 Å². The molecule has 23 heavy (non-hydrogen) atoms. The van der Waals surface area contributed by atoms with Gasteiger partial charge in [0.25, 0.3) is 0 Å². The van der Waals surface area contributed by atoms with E-state index in [0.29, 0.717) is 5.41 Å². The molecule has 1 heterocycles. The summed E-state index contributed by atoms with van der Waals surface area (Å²) < 4.78 is 5.70. The van der Waals surface area contributed by atoms with Gasteiger partial charge >= 0.3 is 6.03 Å². The van der Waals surface area contributed by atoms with Gasteiger partial charge in [-0.3, -0.25) is 0 Å². The van der Waals surface area contributed by atoms with Crippen LogP contribution in [-0.4, -0.2) is 43.3 Å². The lowest BCUT2D eigenvalue weighted by atomic mass is 9.49. The Labute approximate surface area is 140 Å². The van der Waals surface area contributed by atoms with Gasteiger partial charge in [-0.25, -0.2) is 4.79 Å². The SMILES string of the molecule is C[C@H](NC(=O)N(C)CC12CC3CC(CC(C3)C1)C2)[C@H]1CCCO1. The Morgan fingerprint density at radius 1 is 1.22 bits per heavy atom. The Morgan fingerprint density at radius 2 is 1.83 bits per heavy atom. The van der Waals surface area contributed by atoms with Crippen LogP contribution in [0, 0.1) is 23.2 Å². The Hall–Kier alpha value is -0.770. The molecule has 4 nitrogen and oxygen atoms in total. The number of ether oxygens (including phenoxy) is 1. The second kappa shape index (κ2) is 5.94. The van der Waals surface area contributed by atoms with E-state index in [1.165, 1.54) is 38.5 Å². The van der Waals surface area contributed by atoms with Crippen LogP contribution in [0.25, 0.3) is 0 Å². The van der Waals surface area contributed by atoms with E-state index >= 15 is 0 Å². The molecule has 0 spiro atoms. The van der Waals surface area contributed by atoms with E-state index in [4.69, 9.17) is 4.74 Å². The van der Waals surface area contributed by atoms with Crippen molar-refractivity contribution in [1.82, 2.24) is 10.2 Å². The van der Waals surface area contributed by atoms with Crippen LogP contribution in [0.3, 0.4) is 0 Å². The lowest BCUT2D eigenvalue weighted by molar-refractivity contribution is -0.0618. The molecule has 130 valence electrons. The molecule has 4 aliphatic carbocycles. The number of carbonyl (C=O) groups is 1. The van der Waals surface area contributed by atoms with Crippen molar-refractivity contribution in [3.63, 3.8) is 0 Å². The number of hydrogen-bond acceptors (Lipinski definition) is 2. The van der Waals surface area contributed by atoms with Gasteiger partial charge in [0, 0.05) is 20.2 Å². The minimum atomic E-state index is 0.0868. The summed E-state index contributed by atoms with van der Waals surface area (Å²) in [4.78, 5) is 14.6. The highest BCUT2D eigenvalue weighted by Gasteiger charge is 2.51. The van der Waals surface area contributed by atoms with Crippen LogP contribution in [0.2, 0.25) is 0 Å². The van der Waals surface area contributed by atoms with Crippen molar-refractivity contribution in [2.75, 3.05) is 20.2 Å². The van der Waals surface area contributed by atoms with Crippen molar-refractivity contribution in [3.05, 3.63) is 0 Å². The molecule has 5 rings (SSSR count). The fourth-order valence-electron chi connectivity index (χ4n) is 6.45. The van der Waals surface area contributed by atoms with Gasteiger partial charge in [0.2, 0.25) is 0 Å². The lowest BCUT2D eigenvalue weighted by Gasteiger charge is -2.57. The minimum Gasteiger partial charge on any atom is -0.376 e. The zero-order valence-electron chi connectivity index (χ0n) is 14.7. The number of rotatable bonds is 4. The van der Waals surface area contributed by atoms with E-state index in [1.54, 1.807) is 0 Å². The minimum absolute atomic E-state index is 0.0868. The number of carbonyl (C=O) groups excluding carboxylic acids is 1. The first-order valence-corrected chi connectivity index (χ1v) is 9.66. The van der Waals surface area contributed by atoms with Gasteiger partial charge in [-0.1, -0.05) is 0 Å². The topological polar surface area (TPSA) is 41.6 Å². The van der Waals surface area contributed by atoms with Crippen LogP contribution in [0.15, 0.2) is 0 Å². The van der Waals surface area contributed by atoms with E-state index in [-0.39, 0.29) is 18.2 Å². The van der Waals surface area contributed by atoms with Crippen molar-refractivity contribution < 1.29 is 9.53 Å². The molecule has 0 aromatic rings. The molecular weight excluding hydrogens is 288 g/mol. The Balaban J connectivity index is 1.34. The summed E-state index contributed by atoms with van der Waals surface area (Å²) >= 11 is 0. The lowest BCUT2D eigenvalue weighted by Crippen LogP contribution is -2.54. The predicted molar refractivity (Wildman–Crippen MR) is 90.2 cm³/mol. The van der Waals surface area contributed by atoms with Crippen LogP contribution < -0.4 is 5.32 Å². The standard InChI is InChI=1S/C19H32N2O2/c1-13(17-4-3-5-23-17)20-18(22)21(2)12-19-9-14-6-15(10-19)8-16(7-14)11-19/h13-17H,3-12H2,1-2H3,(H,20,22)/t13-,14?,15?,16?,17+,19?/m0/s1. The van der Waals surface area contributed by atoms with Crippen molar-refractivity contribution >= 4 is 6.03 Å². The highest BCUT2D eigenvalue weighted by atomic mass is 16.5. The molecule has 1 N–H and O–H groups in total. The van der Waals surface area contributed by atoms with E-state index in [0.717, 1.165) is 43.7 Å². The van der Waals surface area contributed by atoms with E-state index < -0.39 is 0 Å². The molecule has 5 aliphatic rings. The quantitative estimate of drug-likeness (QED) is 0.862. The molecule has 5 fully saturated rings. The van der Waals surface area contributed by atoms with Gasteiger partial charge in [-0.2, -0.15) is 0 Å². The average molecular weight is 320 g/mol. The molecule has 4 saturated carbocycles. The molecule has 0 unspecified atom stereocenters. The molecular formula is C19H32N2O2. The van der Waals surface area contributed by atoms with Gasteiger partial charge < -0.3 is 15.0 Å². The number of hydrogen-bond donors (Lipinski definition) is 1. The summed E-state index contributed by atoms with van der Waals surface area (Å²) in [7, 11) is 1.98. The van der Waals surface area contributed by atoms with Crippen molar-refractivity contribution in [2.45, 2.75) is 70.4 Å². The van der Waals surface area contributed by atoms with Crippen molar-refractivity contribution in [1.29, 1.82) is 0 Å². The molecule has 2 amide bonds. The number of urea groups is 1. The monoisotopic (exact) mass is 320 g/mol. The van der Waals surface area contributed by atoms with Crippen LogP contribution in [-0.2, 0) is 4.74 Å². The first-order valence-electron chi connectivity index (χ1n) is 9.66. The van der Waals surface area contributed by atoms with Crippen LogP contribution in [0.4, 0.5) is 4.79 Å². The molecule has 1 saturated heterocycles. The summed E-state index contributed by atoms with van der Waals surface area (Å²) in [5.41, 5.74) is 0.425. The molecule has 0 aromatic carbocycles. The average Bonchev–Trinajstić information content (AvgIpc) is 2.99. The summed E-state index contributed by atoms with van der Waals surface area (Å²) in [6.07, 6.45) is 10.9. The fourth-order valence-corrected chi connectivity index (χ4v) is 6.45. The van der Waals surface area contributed by atoms with Gasteiger partial charge in [0.05, 0.1) is 12.1 Å². The zero-order valence-corrected chi connectivity index (χ0v) is 14.7. The summed E-state index contributed by atoms with van der Waals surface area (Å²) in [5.74, 6) is 2.84. The fraction of sp³-hybridized carbons (Fsp3) is 0.947. The zero-order chi connectivity index (χ0) is 16.0. The highest BCUT2D eigenvalue weighted by molar-refractivity contribution is 5.74. The normalized spacial score (nSPS) is 42.7. The maximum Gasteiger partial charge on any atom is 0.317 e. The highest BCUT2D eigenvalue weighted by Crippen LogP contribution is 2.60. The molecule has 1 aliphatic heterocycles. The number of nitrogens with zero attached hydrogens (tertiary/aromatic N) is 1. The largest absolute Gasteiger partial charge is 0.376 e. The van der Waals surface area contributed by atoms with Gasteiger partial charge in [0.15, 0.2) is 0 Å². The first kappa shape index (κ1) is 15.7.